The van der Waals surface area contributed by atoms with Crippen LogP contribution in [-0.4, -0.2) is 41.0 Å². The van der Waals surface area contributed by atoms with Crippen molar-refractivity contribution in [2.45, 2.75) is 24.9 Å². The molecule has 18 heavy (non-hydrogen) atoms. The van der Waals surface area contributed by atoms with Crippen LogP contribution in [0.25, 0.3) is 0 Å². The summed E-state index contributed by atoms with van der Waals surface area (Å²) < 4.78 is 6.52. The molecule has 0 spiro atoms. The summed E-state index contributed by atoms with van der Waals surface area (Å²) in [4.78, 5) is 10.8. The van der Waals surface area contributed by atoms with Crippen molar-refractivity contribution in [1.29, 1.82) is 0 Å². The van der Waals surface area contributed by atoms with Crippen LogP contribution in [0, 0.1) is 0 Å². The molecule has 2 unspecified atom stereocenters. The summed E-state index contributed by atoms with van der Waals surface area (Å²) in [5, 5.41) is 21.3. The van der Waals surface area contributed by atoms with Crippen molar-refractivity contribution in [3.63, 3.8) is 0 Å². The Morgan fingerprint density at radius 2 is 2.11 bits per heavy atom. The van der Waals surface area contributed by atoms with Gasteiger partial charge in [0.15, 0.2) is 0 Å². The third kappa shape index (κ3) is 3.08. The zero-order chi connectivity index (χ0) is 13.1. The highest BCUT2D eigenvalue weighted by Crippen LogP contribution is 2.16. The Hall–Kier alpha value is -0.950. The van der Waals surface area contributed by atoms with Gasteiger partial charge in [0, 0.05) is 11.0 Å². The number of carboxylic acid groups (broad SMARTS) is 1. The highest BCUT2D eigenvalue weighted by atomic mass is 79.9. The zero-order valence-electron chi connectivity index (χ0n) is 9.54. The van der Waals surface area contributed by atoms with E-state index in [1.165, 1.54) is 0 Å². The van der Waals surface area contributed by atoms with E-state index in [0.29, 0.717) is 13.2 Å². The lowest BCUT2D eigenvalue weighted by molar-refractivity contribution is -0.142. The normalized spacial score (nSPS) is 27.3. The molecule has 0 aliphatic carbocycles. The van der Waals surface area contributed by atoms with Crippen LogP contribution in [0.2, 0.25) is 0 Å². The summed E-state index contributed by atoms with van der Waals surface area (Å²) in [6, 6.07) is 6.69. The van der Waals surface area contributed by atoms with E-state index in [9.17, 15) is 9.90 Å². The third-order valence-electron chi connectivity index (χ3n) is 2.90. The van der Waals surface area contributed by atoms with E-state index < -0.39 is 24.2 Å². The predicted molar refractivity (Wildman–Crippen MR) is 68.2 cm³/mol. The average molecular weight is 316 g/mol. The van der Waals surface area contributed by atoms with Crippen molar-refractivity contribution >= 4 is 21.9 Å². The first kappa shape index (κ1) is 13.5. The molecular weight excluding hydrogens is 302 g/mol. The number of aliphatic hydroxyl groups excluding tert-OH is 1. The second-order valence-corrected chi connectivity index (χ2v) is 5.11. The van der Waals surface area contributed by atoms with E-state index in [0.717, 1.165) is 10.0 Å². The van der Waals surface area contributed by atoms with Crippen molar-refractivity contribution < 1.29 is 19.7 Å². The predicted octanol–water partition coefficient (Wildman–Crippen LogP) is 0.752. The largest absolute Gasteiger partial charge is 0.480 e. The molecule has 0 radical (unpaired) electrons. The molecule has 0 bridgehead atoms. The molecule has 1 aromatic carbocycles. The monoisotopic (exact) mass is 315 g/mol. The quantitative estimate of drug-likeness (QED) is 0.764. The maximum Gasteiger partial charge on any atom is 0.323 e. The van der Waals surface area contributed by atoms with E-state index in [1.807, 2.05) is 24.3 Å². The van der Waals surface area contributed by atoms with Gasteiger partial charge < -0.3 is 14.9 Å². The van der Waals surface area contributed by atoms with Crippen LogP contribution < -0.4 is 5.32 Å². The number of nitrogens with one attached hydrogen (secondary N) is 1. The van der Waals surface area contributed by atoms with Crippen LogP contribution in [-0.2, 0) is 16.1 Å². The molecule has 5 nitrogen and oxygen atoms in total. The van der Waals surface area contributed by atoms with Gasteiger partial charge in [0.2, 0.25) is 0 Å². The molecule has 1 aliphatic heterocycles. The lowest BCUT2D eigenvalue weighted by Gasteiger charge is -2.16. The lowest BCUT2D eigenvalue weighted by Crippen LogP contribution is -2.40. The van der Waals surface area contributed by atoms with Crippen LogP contribution in [0.1, 0.15) is 5.56 Å². The number of benzene rings is 1. The number of aliphatic hydroxyl groups is 1. The molecule has 3 N–H and O–H groups in total. The Balaban J connectivity index is 1.88. The zero-order valence-corrected chi connectivity index (χ0v) is 11.1. The van der Waals surface area contributed by atoms with Crippen molar-refractivity contribution in [3.8, 4) is 0 Å². The summed E-state index contributed by atoms with van der Waals surface area (Å²) >= 11 is 3.34. The minimum Gasteiger partial charge on any atom is -0.480 e. The maximum atomic E-state index is 10.8. The van der Waals surface area contributed by atoms with E-state index in [-0.39, 0.29) is 0 Å². The first-order chi connectivity index (χ1) is 8.58. The summed E-state index contributed by atoms with van der Waals surface area (Å²) in [6.07, 6.45) is -1.51. The van der Waals surface area contributed by atoms with Crippen molar-refractivity contribution in [1.82, 2.24) is 5.32 Å². The van der Waals surface area contributed by atoms with Gasteiger partial charge in [-0.05, 0) is 17.7 Å². The van der Waals surface area contributed by atoms with Gasteiger partial charge in [0.05, 0.1) is 12.7 Å². The van der Waals surface area contributed by atoms with E-state index >= 15 is 0 Å². The smallest absolute Gasteiger partial charge is 0.323 e. The van der Waals surface area contributed by atoms with Crippen LogP contribution in [0.5, 0.6) is 0 Å². The second-order valence-electron chi connectivity index (χ2n) is 4.19. The Bertz CT molecular complexity index is 423. The maximum absolute atomic E-state index is 10.8. The second kappa shape index (κ2) is 5.79. The molecule has 6 heteroatoms. The van der Waals surface area contributed by atoms with Gasteiger partial charge in [0.1, 0.15) is 12.1 Å². The average Bonchev–Trinajstić information content (AvgIpc) is 2.70. The van der Waals surface area contributed by atoms with Gasteiger partial charge in [-0.3, -0.25) is 10.1 Å². The summed E-state index contributed by atoms with van der Waals surface area (Å²) in [5.74, 6) is -1.06. The molecule has 0 saturated carbocycles. The summed E-state index contributed by atoms with van der Waals surface area (Å²) in [7, 11) is 0. The molecule has 1 fully saturated rings. The number of halogens is 1. The van der Waals surface area contributed by atoms with E-state index in [1.54, 1.807) is 0 Å². The van der Waals surface area contributed by atoms with Gasteiger partial charge in [-0.1, -0.05) is 28.1 Å². The number of carbonyl (C=O) groups is 1. The van der Waals surface area contributed by atoms with Crippen LogP contribution >= 0.6 is 15.9 Å². The van der Waals surface area contributed by atoms with E-state index in [4.69, 9.17) is 9.84 Å². The number of rotatable bonds is 4. The van der Waals surface area contributed by atoms with Crippen molar-refractivity contribution in [2.75, 3.05) is 6.54 Å². The summed E-state index contributed by atoms with van der Waals surface area (Å²) in [5.41, 5.74) is 0.976. The Morgan fingerprint density at radius 1 is 1.44 bits per heavy atom. The van der Waals surface area contributed by atoms with Gasteiger partial charge in [-0.15, -0.1) is 0 Å². The topological polar surface area (TPSA) is 78.8 Å². The highest BCUT2D eigenvalue weighted by molar-refractivity contribution is 9.10. The number of hydrogen-bond acceptors (Lipinski definition) is 4. The molecule has 98 valence electrons. The molecule has 2 rings (SSSR count). The van der Waals surface area contributed by atoms with E-state index in [2.05, 4.69) is 21.2 Å². The number of ether oxygens (including phenoxy) is 1. The van der Waals surface area contributed by atoms with Crippen molar-refractivity contribution in [3.05, 3.63) is 34.3 Å². The Morgan fingerprint density at radius 3 is 2.67 bits per heavy atom. The van der Waals surface area contributed by atoms with Gasteiger partial charge >= 0.3 is 5.97 Å². The van der Waals surface area contributed by atoms with Crippen LogP contribution in [0.15, 0.2) is 28.7 Å². The first-order valence-electron chi connectivity index (χ1n) is 5.58. The fourth-order valence-corrected chi connectivity index (χ4v) is 2.14. The van der Waals surface area contributed by atoms with Gasteiger partial charge in [0.25, 0.3) is 0 Å². The summed E-state index contributed by atoms with van der Waals surface area (Å²) in [6.45, 7) is 0.692. The molecule has 1 heterocycles. The SMILES string of the molecule is O=C(O)[C@H]1NCC(OCc2ccc(Br)cc2)C1O. The molecule has 3 atom stereocenters. The first-order valence-corrected chi connectivity index (χ1v) is 6.37. The van der Waals surface area contributed by atoms with Crippen molar-refractivity contribution in [2.24, 2.45) is 0 Å². The number of carboxylic acids is 1. The highest BCUT2D eigenvalue weighted by Gasteiger charge is 2.39. The van der Waals surface area contributed by atoms with Crippen LogP contribution in [0.3, 0.4) is 0 Å². The standard InChI is InChI=1S/C12H14BrNO4/c13-8-3-1-7(2-4-8)6-18-9-5-14-10(11(9)15)12(16)17/h1-4,9-11,14-15H,5-6H2,(H,16,17)/t9?,10-,11?/m0/s1. The molecule has 1 saturated heterocycles. The molecule has 1 aromatic rings. The number of hydrogen-bond donors (Lipinski definition) is 3. The minimum absolute atomic E-state index is 0.342. The molecule has 0 amide bonds. The van der Waals surface area contributed by atoms with Gasteiger partial charge in [-0.25, -0.2) is 0 Å². The van der Waals surface area contributed by atoms with Crippen LogP contribution in [0.4, 0.5) is 0 Å². The fourth-order valence-electron chi connectivity index (χ4n) is 1.87. The molecule has 0 aromatic heterocycles. The minimum atomic E-state index is -1.06. The fraction of sp³-hybridized carbons (Fsp3) is 0.417. The van der Waals surface area contributed by atoms with Gasteiger partial charge in [-0.2, -0.15) is 0 Å². The molecular formula is C12H14BrNO4. The number of aliphatic carboxylic acids is 1. The third-order valence-corrected chi connectivity index (χ3v) is 3.43. The Labute approximate surface area is 113 Å². The molecule has 1 aliphatic rings. The Kier molecular flexibility index (Phi) is 4.34. The lowest BCUT2D eigenvalue weighted by atomic mass is 10.1.